The molecule has 112 valence electrons. The lowest BCUT2D eigenvalue weighted by Crippen LogP contribution is -2.42. The first-order valence-corrected chi connectivity index (χ1v) is 9.32. The van der Waals surface area contributed by atoms with Crippen LogP contribution in [0.1, 0.15) is 51.0 Å². The van der Waals surface area contributed by atoms with Gasteiger partial charge in [0.1, 0.15) is 0 Å². The van der Waals surface area contributed by atoms with E-state index in [1.54, 1.807) is 0 Å². The minimum atomic E-state index is 0.626. The number of thioether (sulfide) groups is 1. The molecule has 1 aliphatic carbocycles. The molecular formula is C18H29NS. The van der Waals surface area contributed by atoms with Crippen LogP contribution in [-0.2, 0) is 0 Å². The number of hydrogen-bond acceptors (Lipinski definition) is 2. The molecule has 0 bridgehead atoms. The first-order valence-electron chi connectivity index (χ1n) is 8.03. The van der Waals surface area contributed by atoms with Crippen molar-refractivity contribution >= 4 is 11.8 Å². The molecule has 2 rings (SSSR count). The van der Waals surface area contributed by atoms with Crippen molar-refractivity contribution in [3.63, 3.8) is 0 Å². The van der Waals surface area contributed by atoms with Gasteiger partial charge in [-0.1, -0.05) is 57.0 Å². The van der Waals surface area contributed by atoms with Crippen molar-refractivity contribution in [2.45, 2.75) is 56.7 Å². The average Bonchev–Trinajstić information content (AvgIpc) is 2.48. The second kappa shape index (κ2) is 8.09. The number of rotatable bonds is 6. The molecule has 0 aromatic heterocycles. The summed E-state index contributed by atoms with van der Waals surface area (Å²) in [7, 11) is 0. The van der Waals surface area contributed by atoms with E-state index < -0.39 is 0 Å². The van der Waals surface area contributed by atoms with Gasteiger partial charge in [0.05, 0.1) is 0 Å². The van der Waals surface area contributed by atoms with Crippen molar-refractivity contribution in [2.24, 2.45) is 5.92 Å². The van der Waals surface area contributed by atoms with Crippen LogP contribution >= 0.6 is 11.8 Å². The van der Waals surface area contributed by atoms with Crippen LogP contribution in [0.5, 0.6) is 0 Å². The van der Waals surface area contributed by atoms with Crippen LogP contribution in [-0.4, -0.2) is 24.1 Å². The first kappa shape index (κ1) is 15.9. The van der Waals surface area contributed by atoms with E-state index in [0.29, 0.717) is 17.9 Å². The third-order valence-corrected chi connectivity index (χ3v) is 5.81. The molecule has 3 atom stereocenters. The van der Waals surface area contributed by atoms with Gasteiger partial charge in [-0.25, -0.2) is 0 Å². The number of benzene rings is 1. The van der Waals surface area contributed by atoms with E-state index in [-0.39, 0.29) is 0 Å². The highest BCUT2D eigenvalue weighted by atomic mass is 32.2. The van der Waals surface area contributed by atoms with Crippen LogP contribution in [0.3, 0.4) is 0 Å². The molecule has 0 radical (unpaired) electrons. The Hall–Kier alpha value is -0.470. The summed E-state index contributed by atoms with van der Waals surface area (Å²) in [6.07, 6.45) is 7.81. The summed E-state index contributed by atoms with van der Waals surface area (Å²) in [5, 5.41) is 4.69. The molecule has 0 saturated heterocycles. The average molecular weight is 292 g/mol. The van der Waals surface area contributed by atoms with Gasteiger partial charge < -0.3 is 5.32 Å². The Morgan fingerprint density at radius 1 is 1.15 bits per heavy atom. The molecule has 1 N–H and O–H groups in total. The lowest BCUT2D eigenvalue weighted by molar-refractivity contribution is 0.356. The standard InChI is InChI=1S/C18H29NS/c1-14(2)16(15-9-5-4-6-10-15)13-19-17-11-7-8-12-18(17)20-3/h4-6,9-10,14,16-19H,7-8,11-13H2,1-3H3. The molecule has 1 nitrogen and oxygen atoms in total. The van der Waals surface area contributed by atoms with Gasteiger partial charge in [-0.2, -0.15) is 11.8 Å². The monoisotopic (exact) mass is 291 g/mol. The summed E-state index contributed by atoms with van der Waals surface area (Å²) in [5.74, 6) is 1.31. The number of hydrogen-bond donors (Lipinski definition) is 1. The molecule has 3 unspecified atom stereocenters. The van der Waals surface area contributed by atoms with Crippen molar-refractivity contribution in [1.82, 2.24) is 5.32 Å². The maximum atomic E-state index is 3.88. The first-order chi connectivity index (χ1) is 9.72. The fourth-order valence-electron chi connectivity index (χ4n) is 3.33. The molecule has 0 aliphatic heterocycles. The van der Waals surface area contributed by atoms with Crippen molar-refractivity contribution in [3.8, 4) is 0 Å². The van der Waals surface area contributed by atoms with Gasteiger partial charge in [0, 0.05) is 17.8 Å². The van der Waals surface area contributed by atoms with Crippen molar-refractivity contribution in [1.29, 1.82) is 0 Å². The Balaban J connectivity index is 1.95. The zero-order chi connectivity index (χ0) is 14.4. The predicted molar refractivity (Wildman–Crippen MR) is 91.6 cm³/mol. The minimum absolute atomic E-state index is 0.626. The predicted octanol–water partition coefficient (Wildman–Crippen LogP) is 4.69. The highest BCUT2D eigenvalue weighted by molar-refractivity contribution is 7.99. The van der Waals surface area contributed by atoms with Gasteiger partial charge in [0.15, 0.2) is 0 Å². The van der Waals surface area contributed by atoms with Crippen LogP contribution in [0.15, 0.2) is 30.3 Å². The highest BCUT2D eigenvalue weighted by Crippen LogP contribution is 2.29. The number of nitrogens with one attached hydrogen (secondary N) is 1. The van der Waals surface area contributed by atoms with E-state index in [2.05, 4.69) is 55.8 Å². The van der Waals surface area contributed by atoms with Crippen LogP contribution in [0, 0.1) is 5.92 Å². The Bertz CT molecular complexity index is 376. The summed E-state index contributed by atoms with van der Waals surface area (Å²) < 4.78 is 0. The molecule has 1 aromatic rings. The van der Waals surface area contributed by atoms with E-state index in [1.165, 1.54) is 31.2 Å². The molecule has 0 spiro atoms. The summed E-state index contributed by atoms with van der Waals surface area (Å²) in [4.78, 5) is 0. The van der Waals surface area contributed by atoms with Crippen molar-refractivity contribution in [2.75, 3.05) is 12.8 Å². The molecule has 0 amide bonds. The zero-order valence-electron chi connectivity index (χ0n) is 13.1. The Labute approximate surface area is 128 Å². The third kappa shape index (κ3) is 4.26. The normalized spacial score (nSPS) is 24.8. The van der Waals surface area contributed by atoms with E-state index in [4.69, 9.17) is 0 Å². The second-order valence-corrected chi connectivity index (χ2v) is 7.41. The molecule has 2 heteroatoms. The van der Waals surface area contributed by atoms with E-state index >= 15 is 0 Å². The second-order valence-electron chi connectivity index (χ2n) is 6.33. The fraction of sp³-hybridized carbons (Fsp3) is 0.667. The van der Waals surface area contributed by atoms with Gasteiger partial charge in [-0.05, 0) is 36.5 Å². The van der Waals surface area contributed by atoms with Gasteiger partial charge >= 0.3 is 0 Å². The van der Waals surface area contributed by atoms with Crippen LogP contribution in [0.4, 0.5) is 0 Å². The zero-order valence-corrected chi connectivity index (χ0v) is 14.0. The molecule has 20 heavy (non-hydrogen) atoms. The summed E-state index contributed by atoms with van der Waals surface area (Å²) in [6, 6.07) is 11.7. The van der Waals surface area contributed by atoms with Gasteiger partial charge in [-0.3, -0.25) is 0 Å². The van der Waals surface area contributed by atoms with Crippen LogP contribution in [0.25, 0.3) is 0 Å². The quantitative estimate of drug-likeness (QED) is 0.816. The van der Waals surface area contributed by atoms with E-state index in [1.807, 2.05) is 11.8 Å². The Morgan fingerprint density at radius 3 is 2.50 bits per heavy atom. The van der Waals surface area contributed by atoms with Gasteiger partial charge in [0.2, 0.25) is 0 Å². The van der Waals surface area contributed by atoms with Crippen molar-refractivity contribution < 1.29 is 0 Å². The lowest BCUT2D eigenvalue weighted by Gasteiger charge is -2.33. The third-order valence-electron chi connectivity index (χ3n) is 4.64. The summed E-state index contributed by atoms with van der Waals surface area (Å²) >= 11 is 2.05. The minimum Gasteiger partial charge on any atom is -0.312 e. The van der Waals surface area contributed by atoms with Gasteiger partial charge in [-0.15, -0.1) is 0 Å². The highest BCUT2D eigenvalue weighted by Gasteiger charge is 2.25. The maximum Gasteiger partial charge on any atom is 0.0198 e. The maximum absolute atomic E-state index is 3.88. The lowest BCUT2D eigenvalue weighted by atomic mass is 9.87. The molecule has 1 fully saturated rings. The van der Waals surface area contributed by atoms with Crippen LogP contribution < -0.4 is 5.32 Å². The molecule has 1 aliphatic rings. The molecule has 1 saturated carbocycles. The van der Waals surface area contributed by atoms with Crippen LogP contribution in [0.2, 0.25) is 0 Å². The van der Waals surface area contributed by atoms with Crippen molar-refractivity contribution in [3.05, 3.63) is 35.9 Å². The van der Waals surface area contributed by atoms with Gasteiger partial charge in [0.25, 0.3) is 0 Å². The molecule has 0 heterocycles. The topological polar surface area (TPSA) is 12.0 Å². The largest absolute Gasteiger partial charge is 0.312 e. The smallest absolute Gasteiger partial charge is 0.0198 e. The Morgan fingerprint density at radius 2 is 1.85 bits per heavy atom. The van der Waals surface area contributed by atoms with E-state index in [0.717, 1.165) is 11.8 Å². The Kier molecular flexibility index (Phi) is 6.44. The SMILES string of the molecule is CSC1CCCCC1NCC(c1ccccc1)C(C)C. The fourth-order valence-corrected chi connectivity index (χ4v) is 4.29. The summed E-state index contributed by atoms with van der Waals surface area (Å²) in [6.45, 7) is 5.79. The van der Waals surface area contributed by atoms with E-state index in [9.17, 15) is 0 Å². The molecular weight excluding hydrogens is 262 g/mol. The summed E-state index contributed by atoms with van der Waals surface area (Å²) in [5.41, 5.74) is 1.48. The molecule has 1 aromatic carbocycles.